The van der Waals surface area contributed by atoms with Crippen LogP contribution in [0.4, 0.5) is 16.0 Å². The maximum Gasteiger partial charge on any atom is 0.259 e. The van der Waals surface area contributed by atoms with Crippen LogP contribution < -0.4 is 10.6 Å². The Balaban J connectivity index is 1.98. The van der Waals surface area contributed by atoms with Crippen LogP contribution in [0.1, 0.15) is 21.5 Å². The summed E-state index contributed by atoms with van der Waals surface area (Å²) in [7, 11) is 0. The van der Waals surface area contributed by atoms with Crippen LogP contribution in [-0.4, -0.2) is 34.3 Å². The highest BCUT2D eigenvalue weighted by Crippen LogP contribution is 2.28. The largest absolute Gasteiger partial charge is 0.395 e. The molecule has 3 N–H and O–H groups in total. The summed E-state index contributed by atoms with van der Waals surface area (Å²) in [5.41, 5.74) is 1.79. The van der Waals surface area contributed by atoms with Crippen molar-refractivity contribution in [3.05, 3.63) is 59.2 Å². The smallest absolute Gasteiger partial charge is 0.259 e. The topological polar surface area (TPSA) is 124 Å². The molecule has 0 unspecified atom stereocenters. The molecule has 142 valence electrons. The van der Waals surface area contributed by atoms with Gasteiger partial charge in [-0.15, -0.1) is 0 Å². The lowest BCUT2D eigenvalue weighted by atomic mass is 9.97. The molecule has 0 aliphatic rings. The normalized spacial score (nSPS) is 10.4. The number of halogens is 1. The summed E-state index contributed by atoms with van der Waals surface area (Å²) >= 11 is 0. The van der Waals surface area contributed by atoms with Crippen LogP contribution in [0, 0.1) is 24.1 Å². The summed E-state index contributed by atoms with van der Waals surface area (Å²) in [5.74, 6) is -0.859. The van der Waals surface area contributed by atoms with Crippen molar-refractivity contribution in [1.82, 2.24) is 10.1 Å². The van der Waals surface area contributed by atoms with Crippen molar-refractivity contribution in [1.29, 1.82) is 5.26 Å². The third kappa shape index (κ3) is 3.97. The van der Waals surface area contributed by atoms with E-state index < -0.39 is 11.7 Å². The van der Waals surface area contributed by atoms with Crippen LogP contribution >= 0.6 is 0 Å². The molecule has 3 rings (SSSR count). The summed E-state index contributed by atoms with van der Waals surface area (Å²) in [5, 5.41) is 27.1. The fourth-order valence-corrected chi connectivity index (χ4v) is 2.63. The number of hydrogen-bond donors (Lipinski definition) is 3. The van der Waals surface area contributed by atoms with Crippen molar-refractivity contribution < 1.29 is 18.8 Å². The van der Waals surface area contributed by atoms with E-state index in [1.807, 2.05) is 6.07 Å². The number of aryl methyl sites for hydroxylation is 1. The van der Waals surface area contributed by atoms with Gasteiger partial charge in [-0.05, 0) is 36.2 Å². The average Bonchev–Trinajstić information content (AvgIpc) is 3.19. The quantitative estimate of drug-likeness (QED) is 0.600. The van der Waals surface area contributed by atoms with Gasteiger partial charge in [-0.3, -0.25) is 4.79 Å². The molecule has 0 spiro atoms. The van der Waals surface area contributed by atoms with Gasteiger partial charge < -0.3 is 20.3 Å². The molecule has 0 atom stereocenters. The van der Waals surface area contributed by atoms with Crippen LogP contribution in [-0.2, 0) is 0 Å². The van der Waals surface area contributed by atoms with Gasteiger partial charge in [0.15, 0.2) is 5.82 Å². The Morgan fingerprint density at radius 1 is 1.39 bits per heavy atom. The Bertz CT molecular complexity index is 1040. The van der Waals surface area contributed by atoms with Crippen LogP contribution in [0.25, 0.3) is 11.1 Å². The Labute approximate surface area is 159 Å². The molecular weight excluding hydrogens is 365 g/mol. The standard InChI is InChI=1S/C19H16FN5O3/c1-11-6-16(20)15(19(27)24-17-2-5-28-25-17)8-14(11)13-7-12(9-21)18(23-10-13)22-3-4-26/h2,5-8,10,26H,3-4H2,1H3,(H,22,23)(H,24,25,27). The summed E-state index contributed by atoms with van der Waals surface area (Å²) in [6, 6.07) is 7.71. The molecule has 0 aliphatic heterocycles. The minimum Gasteiger partial charge on any atom is -0.395 e. The van der Waals surface area contributed by atoms with E-state index in [0.717, 1.165) is 0 Å². The van der Waals surface area contributed by atoms with Gasteiger partial charge >= 0.3 is 0 Å². The zero-order chi connectivity index (χ0) is 20.1. The highest BCUT2D eigenvalue weighted by molar-refractivity contribution is 6.04. The number of pyridine rings is 1. The molecule has 0 aliphatic carbocycles. The van der Waals surface area contributed by atoms with E-state index in [1.54, 1.807) is 13.0 Å². The van der Waals surface area contributed by atoms with Crippen molar-refractivity contribution >= 4 is 17.5 Å². The van der Waals surface area contributed by atoms with Gasteiger partial charge in [0.2, 0.25) is 0 Å². The number of amides is 1. The second-order valence-corrected chi connectivity index (χ2v) is 5.87. The van der Waals surface area contributed by atoms with Gasteiger partial charge in [0.05, 0.1) is 17.7 Å². The van der Waals surface area contributed by atoms with E-state index in [2.05, 4.69) is 25.3 Å². The predicted octanol–water partition coefficient (Wildman–Crippen LogP) is 2.71. The lowest BCUT2D eigenvalue weighted by molar-refractivity contribution is 0.102. The molecule has 28 heavy (non-hydrogen) atoms. The molecular formula is C19H16FN5O3. The number of nitriles is 1. The fraction of sp³-hybridized carbons (Fsp3) is 0.158. The van der Waals surface area contributed by atoms with Crippen molar-refractivity contribution in [2.75, 3.05) is 23.8 Å². The monoisotopic (exact) mass is 381 g/mol. The number of carbonyl (C=O) groups excluding carboxylic acids is 1. The number of aromatic nitrogens is 2. The number of aliphatic hydroxyl groups is 1. The van der Waals surface area contributed by atoms with Crippen LogP contribution in [0.5, 0.6) is 0 Å². The highest BCUT2D eigenvalue weighted by atomic mass is 19.1. The molecule has 2 aromatic heterocycles. The van der Waals surface area contributed by atoms with E-state index in [0.29, 0.717) is 22.5 Å². The number of carbonyl (C=O) groups is 1. The maximum atomic E-state index is 14.4. The number of anilines is 2. The van der Waals surface area contributed by atoms with Crippen LogP contribution in [0.15, 0.2) is 41.2 Å². The number of nitrogens with one attached hydrogen (secondary N) is 2. The Kier molecular flexibility index (Phi) is 5.62. The molecule has 0 fully saturated rings. The third-order valence-corrected chi connectivity index (χ3v) is 3.96. The van der Waals surface area contributed by atoms with Crippen LogP contribution in [0.3, 0.4) is 0 Å². The van der Waals surface area contributed by atoms with Gasteiger partial charge in [0.1, 0.15) is 24.0 Å². The highest BCUT2D eigenvalue weighted by Gasteiger charge is 2.17. The number of nitrogens with zero attached hydrogens (tertiary/aromatic N) is 3. The SMILES string of the molecule is Cc1cc(F)c(C(=O)Nc2ccon2)cc1-c1cnc(NCCO)c(C#N)c1. The molecule has 0 saturated heterocycles. The van der Waals surface area contributed by atoms with Gasteiger partial charge in [0.25, 0.3) is 5.91 Å². The Hall–Kier alpha value is -3.77. The molecule has 9 heteroatoms. The van der Waals surface area contributed by atoms with Gasteiger partial charge in [-0.25, -0.2) is 9.37 Å². The van der Waals surface area contributed by atoms with E-state index in [-0.39, 0.29) is 30.1 Å². The second kappa shape index (κ2) is 8.28. The number of rotatable bonds is 6. The lowest BCUT2D eigenvalue weighted by Crippen LogP contribution is -2.14. The predicted molar refractivity (Wildman–Crippen MR) is 99.1 cm³/mol. The fourth-order valence-electron chi connectivity index (χ4n) is 2.63. The molecule has 1 aromatic carbocycles. The minimum absolute atomic E-state index is 0.102. The minimum atomic E-state index is -0.683. The summed E-state index contributed by atoms with van der Waals surface area (Å²) in [4.78, 5) is 16.6. The van der Waals surface area contributed by atoms with Gasteiger partial charge in [-0.2, -0.15) is 5.26 Å². The van der Waals surface area contributed by atoms with Crippen molar-refractivity contribution in [3.63, 3.8) is 0 Å². The third-order valence-electron chi connectivity index (χ3n) is 3.96. The summed E-state index contributed by atoms with van der Waals surface area (Å²) in [6.07, 6.45) is 2.80. The average molecular weight is 381 g/mol. The lowest BCUT2D eigenvalue weighted by Gasteiger charge is -2.12. The number of benzene rings is 1. The van der Waals surface area contributed by atoms with E-state index in [1.165, 1.54) is 30.7 Å². The molecule has 8 nitrogen and oxygen atoms in total. The number of hydrogen-bond acceptors (Lipinski definition) is 7. The second-order valence-electron chi connectivity index (χ2n) is 5.87. The Morgan fingerprint density at radius 2 is 2.21 bits per heavy atom. The van der Waals surface area contributed by atoms with Crippen molar-refractivity contribution in [2.24, 2.45) is 0 Å². The zero-order valence-corrected chi connectivity index (χ0v) is 14.9. The van der Waals surface area contributed by atoms with Gasteiger partial charge in [-0.1, -0.05) is 5.16 Å². The van der Waals surface area contributed by atoms with Crippen LogP contribution in [0.2, 0.25) is 0 Å². The zero-order valence-electron chi connectivity index (χ0n) is 14.9. The molecule has 0 saturated carbocycles. The molecule has 3 aromatic rings. The van der Waals surface area contributed by atoms with Gasteiger partial charge in [0, 0.05) is 24.4 Å². The first-order valence-corrected chi connectivity index (χ1v) is 8.30. The van der Waals surface area contributed by atoms with Crippen molar-refractivity contribution in [2.45, 2.75) is 6.92 Å². The number of aliphatic hydroxyl groups excluding tert-OH is 1. The molecule has 0 bridgehead atoms. The maximum absolute atomic E-state index is 14.4. The first-order chi connectivity index (χ1) is 13.5. The Morgan fingerprint density at radius 3 is 2.89 bits per heavy atom. The summed E-state index contributed by atoms with van der Waals surface area (Å²) < 4.78 is 19.0. The van der Waals surface area contributed by atoms with Crippen molar-refractivity contribution in [3.8, 4) is 17.2 Å². The summed E-state index contributed by atoms with van der Waals surface area (Å²) in [6.45, 7) is 1.85. The van der Waals surface area contributed by atoms with E-state index in [4.69, 9.17) is 5.11 Å². The molecule has 2 heterocycles. The molecule has 0 radical (unpaired) electrons. The molecule has 1 amide bonds. The first-order valence-electron chi connectivity index (χ1n) is 8.30. The first kappa shape index (κ1) is 19.0. The van der Waals surface area contributed by atoms with E-state index >= 15 is 0 Å². The van der Waals surface area contributed by atoms with E-state index in [9.17, 15) is 14.4 Å².